The summed E-state index contributed by atoms with van der Waals surface area (Å²) in [5, 5.41) is 1.06. The highest BCUT2D eigenvalue weighted by Crippen LogP contribution is 2.30. The van der Waals surface area contributed by atoms with Crippen LogP contribution in [0.1, 0.15) is 0 Å². The molecule has 0 aliphatic rings. The molecule has 0 spiro atoms. The van der Waals surface area contributed by atoms with Crippen LogP contribution in [-0.2, 0) is 7.05 Å². The third kappa shape index (κ3) is 2.73. The minimum atomic E-state index is 0. The van der Waals surface area contributed by atoms with Crippen LogP contribution in [0.25, 0.3) is 20.8 Å². The summed E-state index contributed by atoms with van der Waals surface area (Å²) in [5.41, 5.74) is 2.21. The van der Waals surface area contributed by atoms with Gasteiger partial charge in [0.05, 0.1) is 15.8 Å². The number of hydrogen-bond donors (Lipinski definition) is 0. The van der Waals surface area contributed by atoms with Crippen LogP contribution in [0.15, 0.2) is 47.2 Å². The molecular weight excluding hydrogens is 423 g/mol. The molecule has 1 aromatic carbocycles. The van der Waals surface area contributed by atoms with Crippen molar-refractivity contribution in [2.24, 2.45) is 7.05 Å². The molecule has 2 heterocycles. The smallest absolute Gasteiger partial charge is 0.178 e. The van der Waals surface area contributed by atoms with Crippen molar-refractivity contribution in [3.63, 3.8) is 0 Å². The molecule has 18 heavy (non-hydrogen) atoms. The van der Waals surface area contributed by atoms with Crippen molar-refractivity contribution in [3.05, 3.63) is 47.2 Å². The van der Waals surface area contributed by atoms with Crippen LogP contribution < -0.4 is 28.5 Å². The molecule has 5 heteroatoms. The van der Waals surface area contributed by atoms with E-state index in [1.807, 2.05) is 36.0 Å². The Kier molecular flexibility index (Phi) is 4.34. The standard InChI is InChI=1S/C13H10BrN2S.HI/c1-16-6-2-3-9(8-16)13-15-11-5-4-10(14)7-12(11)17-13;/h2-8H,1H3;1H/q+1;/p-1. The van der Waals surface area contributed by atoms with Gasteiger partial charge < -0.3 is 24.0 Å². The van der Waals surface area contributed by atoms with Gasteiger partial charge in [0.2, 0.25) is 0 Å². The molecule has 0 aliphatic carbocycles. The predicted molar refractivity (Wildman–Crippen MR) is 73.9 cm³/mol. The molecule has 0 aliphatic heterocycles. The van der Waals surface area contributed by atoms with Gasteiger partial charge in [-0.05, 0) is 24.3 Å². The Morgan fingerprint density at radius 3 is 2.89 bits per heavy atom. The lowest BCUT2D eigenvalue weighted by Gasteiger charge is -1.92. The number of hydrogen-bond acceptors (Lipinski definition) is 2. The highest BCUT2D eigenvalue weighted by molar-refractivity contribution is 9.10. The van der Waals surface area contributed by atoms with Gasteiger partial charge in [0.25, 0.3) is 0 Å². The molecule has 92 valence electrons. The third-order valence-electron chi connectivity index (χ3n) is 2.54. The maximum absolute atomic E-state index is 4.65. The van der Waals surface area contributed by atoms with Gasteiger partial charge in [0, 0.05) is 10.5 Å². The average molecular weight is 433 g/mol. The first-order valence-corrected chi connectivity index (χ1v) is 6.85. The molecule has 0 unspecified atom stereocenters. The fourth-order valence-electron chi connectivity index (χ4n) is 1.74. The van der Waals surface area contributed by atoms with Crippen molar-refractivity contribution < 1.29 is 28.5 Å². The minimum Gasteiger partial charge on any atom is -1.00 e. The molecule has 0 saturated heterocycles. The minimum absolute atomic E-state index is 0. The third-order valence-corrected chi connectivity index (χ3v) is 4.10. The van der Waals surface area contributed by atoms with E-state index in [-0.39, 0.29) is 24.0 Å². The highest BCUT2D eigenvalue weighted by atomic mass is 127. The average Bonchev–Trinajstić information content (AvgIpc) is 2.72. The van der Waals surface area contributed by atoms with Crippen LogP contribution in [0.5, 0.6) is 0 Å². The van der Waals surface area contributed by atoms with E-state index in [9.17, 15) is 0 Å². The highest BCUT2D eigenvalue weighted by Gasteiger charge is 2.08. The Balaban J connectivity index is 0.00000120. The van der Waals surface area contributed by atoms with Crippen LogP contribution in [0.4, 0.5) is 0 Å². The summed E-state index contributed by atoms with van der Waals surface area (Å²) in [4.78, 5) is 4.65. The second kappa shape index (κ2) is 5.63. The fourth-order valence-corrected chi connectivity index (χ4v) is 3.24. The number of pyridine rings is 1. The zero-order valence-electron chi connectivity index (χ0n) is 9.60. The Bertz CT molecular complexity index is 696. The number of halogens is 2. The molecule has 0 bridgehead atoms. The summed E-state index contributed by atoms with van der Waals surface area (Å²) >= 11 is 5.20. The number of nitrogens with zero attached hydrogens (tertiary/aromatic N) is 2. The summed E-state index contributed by atoms with van der Waals surface area (Å²) in [6, 6.07) is 10.3. The normalized spacial score (nSPS) is 10.3. The molecular formula is C13H10BrIN2S. The van der Waals surface area contributed by atoms with Crippen LogP contribution in [0, 0.1) is 0 Å². The number of aryl methyl sites for hydroxylation is 1. The van der Waals surface area contributed by atoms with Gasteiger partial charge in [-0.25, -0.2) is 9.55 Å². The molecule has 0 amide bonds. The van der Waals surface area contributed by atoms with Crippen molar-refractivity contribution in [3.8, 4) is 10.6 Å². The van der Waals surface area contributed by atoms with Gasteiger partial charge in [-0.2, -0.15) is 0 Å². The van der Waals surface area contributed by atoms with Crippen molar-refractivity contribution in [1.29, 1.82) is 0 Å². The van der Waals surface area contributed by atoms with E-state index in [1.165, 1.54) is 4.70 Å². The van der Waals surface area contributed by atoms with Crippen molar-refractivity contribution in [1.82, 2.24) is 4.98 Å². The van der Waals surface area contributed by atoms with E-state index < -0.39 is 0 Å². The Hall–Kier alpha value is -0.530. The summed E-state index contributed by atoms with van der Waals surface area (Å²) < 4.78 is 4.34. The lowest BCUT2D eigenvalue weighted by atomic mass is 10.3. The second-order valence-corrected chi connectivity index (χ2v) is 5.84. The molecule has 3 rings (SSSR count). The number of benzene rings is 1. The molecule has 2 nitrogen and oxygen atoms in total. The second-order valence-electron chi connectivity index (χ2n) is 3.89. The van der Waals surface area contributed by atoms with E-state index in [4.69, 9.17) is 0 Å². The first-order valence-electron chi connectivity index (χ1n) is 5.24. The van der Waals surface area contributed by atoms with Crippen LogP contribution >= 0.6 is 27.3 Å². The molecule has 0 radical (unpaired) electrons. The van der Waals surface area contributed by atoms with Crippen molar-refractivity contribution >= 4 is 37.5 Å². The number of thiazole rings is 1. The van der Waals surface area contributed by atoms with Crippen LogP contribution in [0.3, 0.4) is 0 Å². The van der Waals surface area contributed by atoms with E-state index in [0.29, 0.717) is 0 Å². The van der Waals surface area contributed by atoms with Crippen molar-refractivity contribution in [2.75, 3.05) is 0 Å². The first-order chi connectivity index (χ1) is 8.22. The van der Waals surface area contributed by atoms with Gasteiger partial charge in [-0.15, -0.1) is 11.3 Å². The summed E-state index contributed by atoms with van der Waals surface area (Å²) in [6.45, 7) is 0. The van der Waals surface area contributed by atoms with Gasteiger partial charge in [0.15, 0.2) is 12.4 Å². The maximum atomic E-state index is 4.65. The van der Waals surface area contributed by atoms with Crippen molar-refractivity contribution in [2.45, 2.75) is 0 Å². The summed E-state index contributed by atoms with van der Waals surface area (Å²) in [5.74, 6) is 0. The zero-order valence-corrected chi connectivity index (χ0v) is 14.2. The molecule has 0 N–H and O–H groups in total. The SMILES string of the molecule is C[n+]1cccc(-c2nc3ccc(Br)cc3s2)c1.[I-]. The Labute approximate surface area is 135 Å². The maximum Gasteiger partial charge on any atom is 0.178 e. The van der Waals surface area contributed by atoms with Gasteiger partial charge >= 0.3 is 0 Å². The van der Waals surface area contributed by atoms with Gasteiger partial charge in [-0.3, -0.25) is 0 Å². The quantitative estimate of drug-likeness (QED) is 0.405. The van der Waals surface area contributed by atoms with E-state index in [0.717, 1.165) is 20.6 Å². The van der Waals surface area contributed by atoms with Crippen LogP contribution in [0.2, 0.25) is 0 Å². The lowest BCUT2D eigenvalue weighted by Crippen LogP contribution is -3.00. The lowest BCUT2D eigenvalue weighted by molar-refractivity contribution is -0.671. The summed E-state index contributed by atoms with van der Waals surface area (Å²) in [6.07, 6.45) is 4.11. The fraction of sp³-hybridized carbons (Fsp3) is 0.0769. The molecule has 0 saturated carbocycles. The first kappa shape index (κ1) is 13.9. The van der Waals surface area contributed by atoms with E-state index in [1.54, 1.807) is 11.3 Å². The predicted octanol–water partition coefficient (Wildman–Crippen LogP) is 0.554. The van der Waals surface area contributed by atoms with E-state index >= 15 is 0 Å². The van der Waals surface area contributed by atoms with Gasteiger partial charge in [0.1, 0.15) is 12.1 Å². The Morgan fingerprint density at radius 1 is 1.28 bits per heavy atom. The molecule has 0 atom stereocenters. The Morgan fingerprint density at radius 2 is 2.11 bits per heavy atom. The van der Waals surface area contributed by atoms with E-state index in [2.05, 4.69) is 39.2 Å². The molecule has 2 aromatic heterocycles. The van der Waals surface area contributed by atoms with Crippen LogP contribution in [-0.4, -0.2) is 4.98 Å². The number of rotatable bonds is 1. The largest absolute Gasteiger partial charge is 1.00 e. The summed E-state index contributed by atoms with van der Waals surface area (Å²) in [7, 11) is 2.02. The topological polar surface area (TPSA) is 16.8 Å². The van der Waals surface area contributed by atoms with Gasteiger partial charge in [-0.1, -0.05) is 15.9 Å². The number of fused-ring (bicyclic) bond motifs is 1. The monoisotopic (exact) mass is 432 g/mol. The zero-order chi connectivity index (χ0) is 11.8. The molecule has 3 aromatic rings. The molecule has 0 fully saturated rings. The number of aromatic nitrogens is 2.